The van der Waals surface area contributed by atoms with Gasteiger partial charge in [0, 0.05) is 17.5 Å². The number of benzene rings is 1. The molecule has 1 aliphatic rings. The number of methoxy groups -OCH3 is 1. The predicted octanol–water partition coefficient (Wildman–Crippen LogP) is 2.20. The first-order chi connectivity index (χ1) is 8.79. The molecule has 19 heavy (non-hydrogen) atoms. The Bertz CT molecular complexity index is 543. The lowest BCUT2D eigenvalue weighted by Crippen LogP contribution is -2.45. The minimum Gasteiger partial charge on any atom is -0.468 e. The van der Waals surface area contributed by atoms with Crippen LogP contribution in [0.2, 0.25) is 0 Å². The smallest absolute Gasteiger partial charge is 0.327 e. The summed E-state index contributed by atoms with van der Waals surface area (Å²) < 4.78 is 45.3. The van der Waals surface area contributed by atoms with Crippen LogP contribution in [0.15, 0.2) is 6.07 Å². The molecule has 1 aromatic rings. The maximum absolute atomic E-state index is 14.0. The van der Waals surface area contributed by atoms with Gasteiger partial charge in [0.05, 0.1) is 7.11 Å². The fourth-order valence-electron chi connectivity index (χ4n) is 2.41. The molecule has 0 saturated carbocycles. The second-order valence-electron chi connectivity index (χ2n) is 5.17. The third-order valence-electron chi connectivity index (χ3n) is 3.37. The monoisotopic (exact) mass is 273 g/mol. The van der Waals surface area contributed by atoms with Crippen LogP contribution >= 0.6 is 0 Å². The van der Waals surface area contributed by atoms with Gasteiger partial charge >= 0.3 is 5.97 Å². The first-order valence-electron chi connectivity index (χ1n) is 5.78. The van der Waals surface area contributed by atoms with E-state index in [4.69, 9.17) is 0 Å². The number of hydrogen-bond acceptors (Lipinski definition) is 3. The van der Waals surface area contributed by atoms with Crippen LogP contribution in [0.3, 0.4) is 0 Å². The molecule has 6 heteroatoms. The summed E-state index contributed by atoms with van der Waals surface area (Å²) in [5, 5.41) is 2.86. The standard InChI is InChI=1S/C13H14F3NO2/c1-13(2)5-17-11(12(18)19-3)6-4-7(14)9(15)10(16)8(6)13/h4,11,17H,5H2,1-3H3. The summed E-state index contributed by atoms with van der Waals surface area (Å²) in [6.45, 7) is 3.63. The van der Waals surface area contributed by atoms with Gasteiger partial charge in [-0.05, 0) is 11.6 Å². The molecule has 0 aliphatic carbocycles. The third kappa shape index (κ3) is 2.10. The van der Waals surface area contributed by atoms with Crippen molar-refractivity contribution < 1.29 is 22.7 Å². The van der Waals surface area contributed by atoms with Crippen LogP contribution < -0.4 is 5.32 Å². The van der Waals surface area contributed by atoms with E-state index in [-0.39, 0.29) is 17.7 Å². The van der Waals surface area contributed by atoms with Crippen molar-refractivity contribution in [1.82, 2.24) is 5.32 Å². The molecular formula is C13H14F3NO2. The summed E-state index contributed by atoms with van der Waals surface area (Å²) in [6, 6.07) is -0.138. The van der Waals surface area contributed by atoms with Crippen LogP contribution in [0.25, 0.3) is 0 Å². The Morgan fingerprint density at radius 3 is 2.58 bits per heavy atom. The van der Waals surface area contributed by atoms with E-state index in [1.165, 1.54) is 7.11 Å². The Hall–Kier alpha value is -1.56. The number of fused-ring (bicyclic) bond motifs is 1. The lowest BCUT2D eigenvalue weighted by Gasteiger charge is -2.37. The normalized spacial score (nSPS) is 20.8. The molecule has 104 valence electrons. The van der Waals surface area contributed by atoms with Crippen molar-refractivity contribution in [2.75, 3.05) is 13.7 Å². The van der Waals surface area contributed by atoms with Gasteiger partial charge in [-0.1, -0.05) is 13.8 Å². The molecule has 0 saturated heterocycles. The van der Waals surface area contributed by atoms with E-state index in [1.54, 1.807) is 13.8 Å². The molecule has 2 rings (SSSR count). The Morgan fingerprint density at radius 1 is 1.37 bits per heavy atom. The number of ether oxygens (including phenoxy) is 1. The molecule has 1 heterocycles. The highest BCUT2D eigenvalue weighted by molar-refractivity contribution is 5.79. The van der Waals surface area contributed by atoms with Gasteiger partial charge in [-0.3, -0.25) is 5.32 Å². The van der Waals surface area contributed by atoms with Crippen molar-refractivity contribution in [3.63, 3.8) is 0 Å². The zero-order valence-electron chi connectivity index (χ0n) is 10.8. The number of hydrogen-bond donors (Lipinski definition) is 1. The highest BCUT2D eigenvalue weighted by atomic mass is 19.2. The predicted molar refractivity (Wildman–Crippen MR) is 62.1 cm³/mol. The average Bonchev–Trinajstić information content (AvgIpc) is 2.34. The summed E-state index contributed by atoms with van der Waals surface area (Å²) in [5.74, 6) is -4.74. The van der Waals surface area contributed by atoms with Crippen LogP contribution in [0.5, 0.6) is 0 Å². The number of carbonyl (C=O) groups excluding carboxylic acids is 1. The van der Waals surface area contributed by atoms with E-state index >= 15 is 0 Å². The topological polar surface area (TPSA) is 38.3 Å². The van der Waals surface area contributed by atoms with Crippen LogP contribution in [0.4, 0.5) is 13.2 Å². The van der Waals surface area contributed by atoms with Gasteiger partial charge in [0.25, 0.3) is 0 Å². The fourth-order valence-corrected chi connectivity index (χ4v) is 2.41. The SMILES string of the molecule is COC(=O)C1NCC(C)(C)c2c1cc(F)c(F)c2F. The Kier molecular flexibility index (Phi) is 3.30. The van der Waals surface area contributed by atoms with Crippen molar-refractivity contribution in [2.45, 2.75) is 25.3 Å². The highest BCUT2D eigenvalue weighted by Gasteiger charge is 2.40. The van der Waals surface area contributed by atoms with E-state index in [0.29, 0.717) is 0 Å². The highest BCUT2D eigenvalue weighted by Crippen LogP contribution is 2.38. The number of nitrogens with one attached hydrogen (secondary N) is 1. The molecule has 1 aromatic carbocycles. The Balaban J connectivity index is 2.69. The van der Waals surface area contributed by atoms with Crippen LogP contribution in [-0.4, -0.2) is 19.6 Å². The molecule has 0 amide bonds. The molecule has 0 aromatic heterocycles. The van der Waals surface area contributed by atoms with Gasteiger partial charge in [-0.25, -0.2) is 18.0 Å². The number of halogens is 3. The van der Waals surface area contributed by atoms with Crippen LogP contribution in [0, 0.1) is 17.5 Å². The van der Waals surface area contributed by atoms with Crippen molar-refractivity contribution in [3.05, 3.63) is 34.6 Å². The molecule has 0 radical (unpaired) electrons. The second-order valence-corrected chi connectivity index (χ2v) is 5.17. The van der Waals surface area contributed by atoms with E-state index in [2.05, 4.69) is 10.1 Å². The summed E-state index contributed by atoms with van der Waals surface area (Å²) in [7, 11) is 1.18. The van der Waals surface area contributed by atoms with E-state index in [0.717, 1.165) is 6.07 Å². The summed E-state index contributed by atoms with van der Waals surface area (Å²) in [6.07, 6.45) is 0. The molecule has 0 fully saturated rings. The lowest BCUT2D eigenvalue weighted by molar-refractivity contribution is -0.143. The van der Waals surface area contributed by atoms with Gasteiger partial charge in [0.1, 0.15) is 6.04 Å². The molecule has 1 unspecified atom stereocenters. The first-order valence-corrected chi connectivity index (χ1v) is 5.78. The molecule has 1 aliphatic heterocycles. The summed E-state index contributed by atoms with van der Waals surface area (Å²) in [4.78, 5) is 11.6. The number of esters is 1. The maximum Gasteiger partial charge on any atom is 0.327 e. The molecule has 0 bridgehead atoms. The van der Waals surface area contributed by atoms with Crippen LogP contribution in [0.1, 0.15) is 31.0 Å². The lowest BCUT2D eigenvalue weighted by atomic mass is 9.76. The summed E-state index contributed by atoms with van der Waals surface area (Å²) >= 11 is 0. The van der Waals surface area contributed by atoms with Gasteiger partial charge in [-0.2, -0.15) is 0 Å². The van der Waals surface area contributed by atoms with E-state index < -0.39 is 34.9 Å². The van der Waals surface area contributed by atoms with Gasteiger partial charge in [0.15, 0.2) is 17.5 Å². The number of carbonyl (C=O) groups is 1. The molecule has 3 nitrogen and oxygen atoms in total. The quantitative estimate of drug-likeness (QED) is 0.629. The van der Waals surface area contributed by atoms with E-state index in [1.807, 2.05) is 0 Å². The minimum absolute atomic E-state index is 0.0144. The Labute approximate surface area is 108 Å². The van der Waals surface area contributed by atoms with Crippen molar-refractivity contribution >= 4 is 5.97 Å². The molecule has 1 atom stereocenters. The first kappa shape index (κ1) is 13.9. The fraction of sp³-hybridized carbons (Fsp3) is 0.462. The maximum atomic E-state index is 14.0. The molecule has 1 N–H and O–H groups in total. The Morgan fingerprint density at radius 2 is 2.00 bits per heavy atom. The van der Waals surface area contributed by atoms with E-state index in [9.17, 15) is 18.0 Å². The zero-order chi connectivity index (χ0) is 14.4. The summed E-state index contributed by atoms with van der Waals surface area (Å²) in [5.41, 5.74) is -0.654. The average molecular weight is 273 g/mol. The number of rotatable bonds is 1. The molecular weight excluding hydrogens is 259 g/mol. The molecule has 0 spiro atoms. The largest absolute Gasteiger partial charge is 0.468 e. The van der Waals surface area contributed by atoms with Gasteiger partial charge in [-0.15, -0.1) is 0 Å². The minimum atomic E-state index is -1.52. The van der Waals surface area contributed by atoms with Gasteiger partial charge in [0.2, 0.25) is 0 Å². The van der Waals surface area contributed by atoms with Crippen LogP contribution in [-0.2, 0) is 14.9 Å². The van der Waals surface area contributed by atoms with Gasteiger partial charge < -0.3 is 4.74 Å². The van der Waals surface area contributed by atoms with Crippen molar-refractivity contribution in [1.29, 1.82) is 0 Å². The zero-order valence-corrected chi connectivity index (χ0v) is 10.8. The second kappa shape index (κ2) is 4.52. The van der Waals surface area contributed by atoms with Crippen molar-refractivity contribution in [2.24, 2.45) is 0 Å². The third-order valence-corrected chi connectivity index (χ3v) is 3.37. The van der Waals surface area contributed by atoms with Crippen molar-refractivity contribution in [3.8, 4) is 0 Å².